The van der Waals surface area contributed by atoms with Gasteiger partial charge < -0.3 is 15.7 Å². The molecule has 3 N–H and O–H groups in total. The van der Waals surface area contributed by atoms with E-state index < -0.39 is 23.2 Å². The Morgan fingerprint density at radius 3 is 2.59 bits per heavy atom. The molecule has 0 aliphatic rings. The number of anilines is 1. The SMILES string of the molecule is CCC(C)C(C)(O)CNC(=O)C(=O)Nc1cc(C)ccc1F. The van der Waals surface area contributed by atoms with E-state index >= 15 is 0 Å². The molecule has 6 heteroatoms. The molecule has 5 nitrogen and oxygen atoms in total. The number of hydrogen-bond acceptors (Lipinski definition) is 3. The maximum Gasteiger partial charge on any atom is 0.313 e. The number of aliphatic hydroxyl groups is 1. The summed E-state index contributed by atoms with van der Waals surface area (Å²) in [6.45, 7) is 7.07. The Labute approximate surface area is 129 Å². The van der Waals surface area contributed by atoms with Crippen molar-refractivity contribution in [1.29, 1.82) is 0 Å². The summed E-state index contributed by atoms with van der Waals surface area (Å²) in [5, 5.41) is 14.8. The Hall–Kier alpha value is -1.95. The van der Waals surface area contributed by atoms with Gasteiger partial charge in [-0.1, -0.05) is 26.3 Å². The molecule has 0 aliphatic carbocycles. The number of aryl methyl sites for hydroxylation is 1. The molecule has 2 amide bonds. The predicted octanol–water partition coefficient (Wildman–Crippen LogP) is 1.99. The highest BCUT2D eigenvalue weighted by molar-refractivity contribution is 6.39. The topological polar surface area (TPSA) is 78.4 Å². The van der Waals surface area contributed by atoms with Crippen molar-refractivity contribution in [3.05, 3.63) is 29.6 Å². The minimum absolute atomic E-state index is 0.0370. The summed E-state index contributed by atoms with van der Waals surface area (Å²) in [7, 11) is 0. The van der Waals surface area contributed by atoms with Gasteiger partial charge in [0.15, 0.2) is 0 Å². The van der Waals surface area contributed by atoms with Crippen molar-refractivity contribution in [3.63, 3.8) is 0 Å². The normalized spacial score (nSPS) is 14.8. The van der Waals surface area contributed by atoms with Crippen molar-refractivity contribution in [2.75, 3.05) is 11.9 Å². The number of amides is 2. The van der Waals surface area contributed by atoms with E-state index in [1.54, 1.807) is 19.9 Å². The summed E-state index contributed by atoms with van der Waals surface area (Å²) in [6, 6.07) is 4.22. The second-order valence-electron chi connectivity index (χ2n) is 5.79. The Balaban J connectivity index is 2.63. The van der Waals surface area contributed by atoms with Crippen LogP contribution in [-0.4, -0.2) is 29.1 Å². The van der Waals surface area contributed by atoms with E-state index in [1.165, 1.54) is 12.1 Å². The molecule has 2 atom stereocenters. The number of halogens is 1. The molecule has 1 rings (SSSR count). The lowest BCUT2D eigenvalue weighted by molar-refractivity contribution is -0.137. The van der Waals surface area contributed by atoms with Crippen LogP contribution in [0, 0.1) is 18.7 Å². The first-order valence-electron chi connectivity index (χ1n) is 7.25. The van der Waals surface area contributed by atoms with Crippen molar-refractivity contribution in [2.24, 2.45) is 5.92 Å². The maximum absolute atomic E-state index is 13.5. The Kier molecular flexibility index (Phi) is 6.05. The van der Waals surface area contributed by atoms with Gasteiger partial charge in [-0.05, 0) is 37.5 Å². The Morgan fingerprint density at radius 2 is 2.00 bits per heavy atom. The number of carbonyl (C=O) groups excluding carboxylic acids is 2. The zero-order valence-electron chi connectivity index (χ0n) is 13.4. The predicted molar refractivity (Wildman–Crippen MR) is 82.9 cm³/mol. The number of carbonyl (C=O) groups is 2. The fourth-order valence-electron chi connectivity index (χ4n) is 1.87. The smallest absolute Gasteiger partial charge is 0.313 e. The molecule has 0 aliphatic heterocycles. The molecule has 0 saturated heterocycles. The van der Waals surface area contributed by atoms with Gasteiger partial charge in [-0.15, -0.1) is 0 Å². The highest BCUT2D eigenvalue weighted by atomic mass is 19.1. The van der Waals surface area contributed by atoms with E-state index in [4.69, 9.17) is 0 Å². The van der Waals surface area contributed by atoms with E-state index in [9.17, 15) is 19.1 Å². The quantitative estimate of drug-likeness (QED) is 0.728. The van der Waals surface area contributed by atoms with Crippen LogP contribution in [-0.2, 0) is 9.59 Å². The number of hydrogen-bond donors (Lipinski definition) is 3. The van der Waals surface area contributed by atoms with Crippen LogP contribution in [0.4, 0.5) is 10.1 Å². The minimum atomic E-state index is -1.11. The van der Waals surface area contributed by atoms with Crippen LogP contribution in [0.3, 0.4) is 0 Å². The summed E-state index contributed by atoms with van der Waals surface area (Å²) >= 11 is 0. The number of rotatable bonds is 5. The van der Waals surface area contributed by atoms with Gasteiger partial charge in [-0.2, -0.15) is 0 Å². The average Bonchev–Trinajstić information content (AvgIpc) is 2.47. The fourth-order valence-corrected chi connectivity index (χ4v) is 1.87. The molecular weight excluding hydrogens is 287 g/mol. The monoisotopic (exact) mass is 310 g/mol. The van der Waals surface area contributed by atoms with Crippen LogP contribution < -0.4 is 10.6 Å². The number of benzene rings is 1. The summed E-state index contributed by atoms with van der Waals surface area (Å²) in [4.78, 5) is 23.5. The Bertz CT molecular complexity index is 558. The third kappa shape index (κ3) is 4.80. The molecule has 22 heavy (non-hydrogen) atoms. The molecule has 1 aromatic rings. The van der Waals surface area contributed by atoms with E-state index in [0.717, 1.165) is 12.0 Å². The zero-order chi connectivity index (χ0) is 16.9. The number of nitrogens with one attached hydrogen (secondary N) is 2. The first-order chi connectivity index (χ1) is 10.2. The summed E-state index contributed by atoms with van der Waals surface area (Å²) in [5.41, 5.74) is -0.398. The lowest BCUT2D eigenvalue weighted by atomic mass is 9.89. The van der Waals surface area contributed by atoms with Gasteiger partial charge in [0.1, 0.15) is 5.82 Å². The fraction of sp³-hybridized carbons (Fsp3) is 0.500. The summed E-state index contributed by atoms with van der Waals surface area (Å²) < 4.78 is 13.5. The molecule has 0 bridgehead atoms. The summed E-state index contributed by atoms with van der Waals surface area (Å²) in [6.07, 6.45) is 0.740. The minimum Gasteiger partial charge on any atom is -0.388 e. The van der Waals surface area contributed by atoms with Gasteiger partial charge in [-0.25, -0.2) is 4.39 Å². The summed E-state index contributed by atoms with van der Waals surface area (Å²) in [5.74, 6) is -2.53. The first-order valence-corrected chi connectivity index (χ1v) is 7.25. The van der Waals surface area contributed by atoms with Crippen LogP contribution >= 0.6 is 0 Å². The molecular formula is C16H23FN2O3. The van der Waals surface area contributed by atoms with Crippen LogP contribution in [0.25, 0.3) is 0 Å². The van der Waals surface area contributed by atoms with E-state index in [2.05, 4.69) is 10.6 Å². The second kappa shape index (κ2) is 7.35. The molecule has 0 radical (unpaired) electrons. The lowest BCUT2D eigenvalue weighted by Crippen LogP contribution is -2.47. The van der Waals surface area contributed by atoms with Gasteiger partial charge in [0, 0.05) is 6.54 Å². The van der Waals surface area contributed by atoms with E-state index in [1.807, 2.05) is 13.8 Å². The Morgan fingerprint density at radius 1 is 1.36 bits per heavy atom. The molecule has 1 aromatic carbocycles. The van der Waals surface area contributed by atoms with Crippen LogP contribution in [0.1, 0.15) is 32.8 Å². The van der Waals surface area contributed by atoms with Crippen LogP contribution in [0.15, 0.2) is 18.2 Å². The molecule has 2 unspecified atom stereocenters. The van der Waals surface area contributed by atoms with Crippen molar-refractivity contribution >= 4 is 17.5 Å². The highest BCUT2D eigenvalue weighted by Crippen LogP contribution is 2.19. The maximum atomic E-state index is 13.5. The highest BCUT2D eigenvalue weighted by Gasteiger charge is 2.28. The second-order valence-corrected chi connectivity index (χ2v) is 5.79. The molecule has 0 fully saturated rings. The van der Waals surface area contributed by atoms with Crippen molar-refractivity contribution in [2.45, 2.75) is 39.7 Å². The lowest BCUT2D eigenvalue weighted by Gasteiger charge is -2.29. The largest absolute Gasteiger partial charge is 0.388 e. The van der Waals surface area contributed by atoms with Crippen molar-refractivity contribution in [3.8, 4) is 0 Å². The third-order valence-electron chi connectivity index (χ3n) is 3.86. The van der Waals surface area contributed by atoms with Crippen molar-refractivity contribution < 1.29 is 19.1 Å². The van der Waals surface area contributed by atoms with Crippen molar-refractivity contribution in [1.82, 2.24) is 5.32 Å². The third-order valence-corrected chi connectivity index (χ3v) is 3.86. The van der Waals surface area contributed by atoms with Gasteiger partial charge in [0.2, 0.25) is 0 Å². The van der Waals surface area contributed by atoms with Crippen LogP contribution in [0.2, 0.25) is 0 Å². The van der Waals surface area contributed by atoms with Gasteiger partial charge in [0.05, 0.1) is 11.3 Å². The van der Waals surface area contributed by atoms with E-state index in [0.29, 0.717) is 0 Å². The molecule has 0 heterocycles. The van der Waals surface area contributed by atoms with Gasteiger partial charge >= 0.3 is 11.8 Å². The van der Waals surface area contributed by atoms with Gasteiger partial charge in [-0.3, -0.25) is 9.59 Å². The molecule has 0 spiro atoms. The van der Waals surface area contributed by atoms with Crippen LogP contribution in [0.5, 0.6) is 0 Å². The standard InChI is InChI=1S/C16H23FN2O3/c1-5-11(3)16(4,22)9-18-14(20)15(21)19-13-8-10(2)6-7-12(13)17/h6-8,11,22H,5,9H2,1-4H3,(H,18,20)(H,19,21). The molecule has 0 saturated carbocycles. The first kappa shape index (κ1) is 18.1. The average molecular weight is 310 g/mol. The zero-order valence-corrected chi connectivity index (χ0v) is 13.4. The van der Waals surface area contributed by atoms with E-state index in [-0.39, 0.29) is 18.2 Å². The van der Waals surface area contributed by atoms with Gasteiger partial charge in [0.25, 0.3) is 0 Å². The molecule has 0 aromatic heterocycles. The molecule has 122 valence electrons.